The summed E-state index contributed by atoms with van der Waals surface area (Å²) in [7, 11) is 1.82. The van der Waals surface area contributed by atoms with Gasteiger partial charge in [0, 0.05) is 7.05 Å². The van der Waals surface area contributed by atoms with Gasteiger partial charge in [-0.1, -0.05) is 19.1 Å². The standard InChI is InChI=1S/C10H17N3O/c1-7(2)8-4-10(14,5-8)9-6-11-12-13(9)3/h6-8,14H,4-5H2,1-3H3. The molecule has 0 spiro atoms. The SMILES string of the molecule is CC(C)C1CC(O)(c2cnnn2C)C1. The van der Waals surface area contributed by atoms with Crippen molar-refractivity contribution in [2.24, 2.45) is 18.9 Å². The fourth-order valence-electron chi connectivity index (χ4n) is 2.20. The highest BCUT2D eigenvalue weighted by Crippen LogP contribution is 2.48. The number of aromatic nitrogens is 3. The minimum atomic E-state index is -0.673. The van der Waals surface area contributed by atoms with Crippen molar-refractivity contribution in [1.29, 1.82) is 0 Å². The van der Waals surface area contributed by atoms with Crippen LogP contribution in [0.25, 0.3) is 0 Å². The van der Waals surface area contributed by atoms with Crippen molar-refractivity contribution in [2.45, 2.75) is 32.3 Å². The highest BCUT2D eigenvalue weighted by atomic mass is 16.3. The zero-order valence-electron chi connectivity index (χ0n) is 8.94. The predicted octanol–water partition coefficient (Wildman–Crippen LogP) is 1.07. The molecule has 0 radical (unpaired) electrons. The van der Waals surface area contributed by atoms with Gasteiger partial charge in [0.25, 0.3) is 0 Å². The van der Waals surface area contributed by atoms with Crippen LogP contribution < -0.4 is 0 Å². The van der Waals surface area contributed by atoms with E-state index in [-0.39, 0.29) is 0 Å². The summed E-state index contributed by atoms with van der Waals surface area (Å²) < 4.78 is 1.66. The molecule has 1 aliphatic rings. The fourth-order valence-corrected chi connectivity index (χ4v) is 2.20. The van der Waals surface area contributed by atoms with Crippen LogP contribution in [0, 0.1) is 11.8 Å². The Bertz CT molecular complexity index is 326. The summed E-state index contributed by atoms with van der Waals surface area (Å²) in [6, 6.07) is 0. The first-order chi connectivity index (χ1) is 6.53. The Balaban J connectivity index is 2.11. The number of hydrogen-bond acceptors (Lipinski definition) is 3. The smallest absolute Gasteiger partial charge is 0.108 e. The zero-order valence-corrected chi connectivity index (χ0v) is 8.94. The van der Waals surface area contributed by atoms with E-state index in [9.17, 15) is 5.11 Å². The van der Waals surface area contributed by atoms with E-state index in [1.54, 1.807) is 10.9 Å². The van der Waals surface area contributed by atoms with Crippen LogP contribution in [0.15, 0.2) is 6.20 Å². The monoisotopic (exact) mass is 195 g/mol. The molecule has 0 saturated heterocycles. The number of aryl methyl sites for hydroxylation is 1. The van der Waals surface area contributed by atoms with Crippen molar-refractivity contribution in [3.63, 3.8) is 0 Å². The summed E-state index contributed by atoms with van der Waals surface area (Å²) in [6.45, 7) is 4.40. The minimum absolute atomic E-state index is 0.634. The Kier molecular flexibility index (Phi) is 2.10. The maximum Gasteiger partial charge on any atom is 0.108 e. The Hall–Kier alpha value is -0.900. The fraction of sp³-hybridized carbons (Fsp3) is 0.800. The van der Waals surface area contributed by atoms with Gasteiger partial charge in [-0.3, -0.25) is 0 Å². The lowest BCUT2D eigenvalue weighted by atomic mass is 9.65. The summed E-state index contributed by atoms with van der Waals surface area (Å²) in [5, 5.41) is 17.9. The Morgan fingerprint density at radius 3 is 2.64 bits per heavy atom. The van der Waals surface area contributed by atoms with Crippen LogP contribution in [-0.4, -0.2) is 20.1 Å². The van der Waals surface area contributed by atoms with Crippen LogP contribution in [0.2, 0.25) is 0 Å². The normalized spacial score (nSPS) is 31.9. The van der Waals surface area contributed by atoms with Gasteiger partial charge in [0.05, 0.1) is 11.9 Å². The molecule has 0 amide bonds. The van der Waals surface area contributed by atoms with E-state index in [1.165, 1.54) is 0 Å². The molecule has 1 N–H and O–H groups in total. The summed E-state index contributed by atoms with van der Waals surface area (Å²) >= 11 is 0. The summed E-state index contributed by atoms with van der Waals surface area (Å²) in [5.74, 6) is 1.28. The van der Waals surface area contributed by atoms with Gasteiger partial charge >= 0.3 is 0 Å². The molecule has 0 aromatic carbocycles. The second-order valence-electron chi connectivity index (χ2n) is 4.69. The molecule has 4 nitrogen and oxygen atoms in total. The minimum Gasteiger partial charge on any atom is -0.383 e. The van der Waals surface area contributed by atoms with Gasteiger partial charge in [-0.05, 0) is 24.7 Å². The second-order valence-corrected chi connectivity index (χ2v) is 4.69. The van der Waals surface area contributed by atoms with Gasteiger partial charge < -0.3 is 5.11 Å². The Morgan fingerprint density at radius 2 is 2.21 bits per heavy atom. The topological polar surface area (TPSA) is 50.9 Å². The van der Waals surface area contributed by atoms with Crippen molar-refractivity contribution < 1.29 is 5.11 Å². The molecule has 14 heavy (non-hydrogen) atoms. The van der Waals surface area contributed by atoms with E-state index in [4.69, 9.17) is 0 Å². The van der Waals surface area contributed by atoms with E-state index in [2.05, 4.69) is 24.2 Å². The van der Waals surface area contributed by atoms with Crippen molar-refractivity contribution in [1.82, 2.24) is 15.0 Å². The van der Waals surface area contributed by atoms with Gasteiger partial charge in [-0.2, -0.15) is 0 Å². The molecule has 4 heteroatoms. The maximum absolute atomic E-state index is 10.3. The van der Waals surface area contributed by atoms with E-state index < -0.39 is 5.60 Å². The lowest BCUT2D eigenvalue weighted by molar-refractivity contribution is -0.0988. The first-order valence-electron chi connectivity index (χ1n) is 5.10. The van der Waals surface area contributed by atoms with Crippen LogP contribution >= 0.6 is 0 Å². The van der Waals surface area contributed by atoms with Gasteiger partial charge in [0.15, 0.2) is 0 Å². The molecule has 0 atom stereocenters. The number of rotatable bonds is 2. The molecule has 0 unspecified atom stereocenters. The summed E-state index contributed by atoms with van der Waals surface area (Å²) in [5.41, 5.74) is 0.169. The molecule has 0 aliphatic heterocycles. The molecule has 78 valence electrons. The third kappa shape index (κ3) is 1.34. The molecule has 1 aromatic heterocycles. The lowest BCUT2D eigenvalue weighted by Crippen LogP contribution is -2.44. The van der Waals surface area contributed by atoms with Crippen molar-refractivity contribution in [3.8, 4) is 0 Å². The van der Waals surface area contributed by atoms with Gasteiger partial charge in [-0.15, -0.1) is 5.10 Å². The molecule has 0 bridgehead atoms. The highest BCUT2D eigenvalue weighted by Gasteiger charge is 2.46. The van der Waals surface area contributed by atoms with Crippen LogP contribution in [0.3, 0.4) is 0 Å². The maximum atomic E-state index is 10.3. The quantitative estimate of drug-likeness (QED) is 0.768. The van der Waals surface area contributed by atoms with E-state index >= 15 is 0 Å². The molecule has 1 fully saturated rings. The molecular formula is C10H17N3O. The van der Waals surface area contributed by atoms with Gasteiger partial charge in [0.1, 0.15) is 5.60 Å². The van der Waals surface area contributed by atoms with Crippen LogP contribution in [0.4, 0.5) is 0 Å². The molecule has 1 heterocycles. The Labute approximate surface area is 83.9 Å². The average Bonchev–Trinajstić information content (AvgIpc) is 2.45. The van der Waals surface area contributed by atoms with E-state index in [0.717, 1.165) is 18.5 Å². The average molecular weight is 195 g/mol. The lowest BCUT2D eigenvalue weighted by Gasteiger charge is -2.45. The summed E-state index contributed by atoms with van der Waals surface area (Å²) in [6.07, 6.45) is 3.34. The second kappa shape index (κ2) is 3.05. The van der Waals surface area contributed by atoms with E-state index in [1.807, 2.05) is 7.05 Å². The Morgan fingerprint density at radius 1 is 1.57 bits per heavy atom. The zero-order chi connectivity index (χ0) is 10.3. The van der Waals surface area contributed by atoms with Crippen molar-refractivity contribution >= 4 is 0 Å². The van der Waals surface area contributed by atoms with Crippen molar-refractivity contribution in [3.05, 3.63) is 11.9 Å². The largest absolute Gasteiger partial charge is 0.383 e. The van der Waals surface area contributed by atoms with Gasteiger partial charge in [-0.25, -0.2) is 4.68 Å². The number of nitrogens with zero attached hydrogens (tertiary/aromatic N) is 3. The molecule has 2 rings (SSSR count). The third-order valence-electron chi connectivity index (χ3n) is 3.33. The highest BCUT2D eigenvalue weighted by molar-refractivity contribution is 5.13. The van der Waals surface area contributed by atoms with Crippen molar-refractivity contribution in [2.75, 3.05) is 0 Å². The van der Waals surface area contributed by atoms with Crippen LogP contribution in [0.1, 0.15) is 32.4 Å². The predicted molar refractivity (Wildman–Crippen MR) is 52.5 cm³/mol. The molecule has 1 saturated carbocycles. The van der Waals surface area contributed by atoms with Crippen LogP contribution in [-0.2, 0) is 12.6 Å². The van der Waals surface area contributed by atoms with Crippen LogP contribution in [0.5, 0.6) is 0 Å². The number of hydrogen-bond donors (Lipinski definition) is 1. The first-order valence-corrected chi connectivity index (χ1v) is 5.10. The van der Waals surface area contributed by atoms with E-state index in [0.29, 0.717) is 11.8 Å². The molecule has 1 aliphatic carbocycles. The molecule has 1 aromatic rings. The van der Waals surface area contributed by atoms with Gasteiger partial charge in [0.2, 0.25) is 0 Å². The molecular weight excluding hydrogens is 178 g/mol. The first kappa shape index (κ1) is 9.65. The third-order valence-corrected chi connectivity index (χ3v) is 3.33. The summed E-state index contributed by atoms with van der Waals surface area (Å²) in [4.78, 5) is 0. The number of aliphatic hydroxyl groups is 1.